The van der Waals surface area contributed by atoms with E-state index in [4.69, 9.17) is 0 Å². The Hall–Kier alpha value is -1.06. The molecule has 0 atom stereocenters. The van der Waals surface area contributed by atoms with Crippen molar-refractivity contribution in [3.8, 4) is 0 Å². The van der Waals surface area contributed by atoms with E-state index in [2.05, 4.69) is 16.4 Å². The number of esters is 2. The average molecular weight is 218 g/mol. The Morgan fingerprint density at radius 2 is 1.33 bits per heavy atom. The summed E-state index contributed by atoms with van der Waals surface area (Å²) in [5.41, 5.74) is 0. The average Bonchev–Trinajstić information content (AvgIpc) is 2.15. The highest BCUT2D eigenvalue weighted by Crippen LogP contribution is 1.86. The molecule has 0 aromatic carbocycles. The third-order valence-electron chi connectivity index (χ3n) is 1.31. The number of ether oxygens (including phenoxy) is 2. The minimum atomic E-state index is -0.193. The molecular weight excluding hydrogens is 196 g/mol. The second-order valence-electron chi connectivity index (χ2n) is 3.03. The lowest BCUT2D eigenvalue weighted by Gasteiger charge is -1.96. The van der Waals surface area contributed by atoms with E-state index in [9.17, 15) is 9.59 Å². The second kappa shape index (κ2) is 12.9. The molecule has 0 unspecified atom stereocenters. The first-order chi connectivity index (χ1) is 7.04. The zero-order valence-electron chi connectivity index (χ0n) is 10.2. The Morgan fingerprint density at radius 3 is 1.60 bits per heavy atom. The van der Waals surface area contributed by atoms with Crippen molar-refractivity contribution in [2.45, 2.75) is 47.0 Å². The van der Waals surface area contributed by atoms with Crippen LogP contribution in [0.2, 0.25) is 0 Å². The molecule has 0 N–H and O–H groups in total. The van der Waals surface area contributed by atoms with Gasteiger partial charge in [-0.25, -0.2) is 0 Å². The summed E-state index contributed by atoms with van der Waals surface area (Å²) in [7, 11) is 0. The van der Waals surface area contributed by atoms with Crippen molar-refractivity contribution in [1.82, 2.24) is 0 Å². The van der Waals surface area contributed by atoms with E-state index in [1.54, 1.807) is 0 Å². The van der Waals surface area contributed by atoms with Crippen LogP contribution in [0.15, 0.2) is 0 Å². The molecule has 0 bridgehead atoms. The number of rotatable bonds is 5. The number of hydrogen-bond acceptors (Lipinski definition) is 4. The topological polar surface area (TPSA) is 52.6 Å². The van der Waals surface area contributed by atoms with E-state index in [0.29, 0.717) is 13.2 Å². The molecule has 0 aliphatic rings. The smallest absolute Gasteiger partial charge is 0.302 e. The zero-order valence-corrected chi connectivity index (χ0v) is 10.2. The molecule has 4 nitrogen and oxygen atoms in total. The van der Waals surface area contributed by atoms with Gasteiger partial charge in [0.25, 0.3) is 0 Å². The van der Waals surface area contributed by atoms with Crippen LogP contribution in [0.25, 0.3) is 0 Å². The Kier molecular flexibility index (Phi) is 14.1. The van der Waals surface area contributed by atoms with Gasteiger partial charge in [-0.15, -0.1) is 0 Å². The van der Waals surface area contributed by atoms with Gasteiger partial charge < -0.3 is 9.47 Å². The van der Waals surface area contributed by atoms with Crippen LogP contribution in [-0.2, 0) is 19.1 Å². The molecule has 15 heavy (non-hydrogen) atoms. The van der Waals surface area contributed by atoms with Gasteiger partial charge in [-0.05, 0) is 12.8 Å². The van der Waals surface area contributed by atoms with Crippen molar-refractivity contribution in [3.05, 3.63) is 0 Å². The predicted molar refractivity (Wildman–Crippen MR) is 58.5 cm³/mol. The summed E-state index contributed by atoms with van der Waals surface area (Å²) in [6.07, 6.45) is 2.95. The highest BCUT2D eigenvalue weighted by Gasteiger charge is 1.88. The highest BCUT2D eigenvalue weighted by atomic mass is 16.5. The van der Waals surface area contributed by atoms with Crippen LogP contribution in [0.5, 0.6) is 0 Å². The van der Waals surface area contributed by atoms with Crippen LogP contribution in [0, 0.1) is 0 Å². The van der Waals surface area contributed by atoms with E-state index >= 15 is 0 Å². The van der Waals surface area contributed by atoms with Crippen molar-refractivity contribution >= 4 is 11.9 Å². The zero-order chi connectivity index (χ0) is 12.1. The third-order valence-corrected chi connectivity index (χ3v) is 1.31. The molecule has 0 radical (unpaired) electrons. The first kappa shape index (κ1) is 16.4. The van der Waals surface area contributed by atoms with Gasteiger partial charge in [-0.1, -0.05) is 20.3 Å². The summed E-state index contributed by atoms with van der Waals surface area (Å²) >= 11 is 0. The molecule has 0 aliphatic carbocycles. The predicted octanol–water partition coefficient (Wildman–Crippen LogP) is 2.31. The van der Waals surface area contributed by atoms with Crippen LogP contribution in [0.4, 0.5) is 0 Å². The number of hydrogen-bond donors (Lipinski definition) is 0. The molecule has 0 rings (SSSR count). The van der Waals surface area contributed by atoms with E-state index in [0.717, 1.165) is 19.3 Å². The van der Waals surface area contributed by atoms with Crippen molar-refractivity contribution < 1.29 is 19.1 Å². The molecule has 0 heterocycles. The molecule has 0 aromatic rings. The number of carbonyl (C=O) groups excluding carboxylic acids is 2. The Labute approximate surface area is 91.9 Å². The van der Waals surface area contributed by atoms with Gasteiger partial charge in [0.05, 0.1) is 13.2 Å². The summed E-state index contributed by atoms with van der Waals surface area (Å²) in [5, 5.41) is 0. The van der Waals surface area contributed by atoms with Gasteiger partial charge in [0.2, 0.25) is 0 Å². The standard InChI is InChI=1S/C6H12O2.C5H10O2/c1-3-4-5-8-6(2)7;1-3-4-7-5(2)6/h3-5H2,1-2H3;3-4H2,1-2H3. The van der Waals surface area contributed by atoms with Crippen molar-refractivity contribution in [3.63, 3.8) is 0 Å². The van der Waals surface area contributed by atoms with Gasteiger partial charge in [-0.3, -0.25) is 9.59 Å². The lowest BCUT2D eigenvalue weighted by atomic mass is 10.4. The third kappa shape index (κ3) is 24.6. The molecule has 90 valence electrons. The summed E-state index contributed by atoms with van der Waals surface area (Å²) in [6, 6.07) is 0. The highest BCUT2D eigenvalue weighted by molar-refractivity contribution is 5.66. The minimum Gasteiger partial charge on any atom is -0.466 e. The van der Waals surface area contributed by atoms with Crippen molar-refractivity contribution in [2.24, 2.45) is 0 Å². The van der Waals surface area contributed by atoms with Crippen LogP contribution >= 0.6 is 0 Å². The fourth-order valence-electron chi connectivity index (χ4n) is 0.606. The molecule has 0 saturated carbocycles. The largest absolute Gasteiger partial charge is 0.466 e. The Balaban J connectivity index is 0. The van der Waals surface area contributed by atoms with E-state index < -0.39 is 0 Å². The van der Waals surface area contributed by atoms with Gasteiger partial charge in [0.15, 0.2) is 0 Å². The number of unbranched alkanes of at least 4 members (excludes halogenated alkanes) is 1. The SMILES string of the molecule is CCCCOC(C)=O.CCCOC(C)=O. The first-order valence-corrected chi connectivity index (χ1v) is 5.31. The molecule has 0 aromatic heterocycles. The lowest BCUT2D eigenvalue weighted by molar-refractivity contribution is -0.141. The fourth-order valence-corrected chi connectivity index (χ4v) is 0.606. The molecular formula is C11H22O4. The van der Waals surface area contributed by atoms with E-state index in [1.807, 2.05) is 6.92 Å². The van der Waals surface area contributed by atoms with Gasteiger partial charge in [-0.2, -0.15) is 0 Å². The maximum Gasteiger partial charge on any atom is 0.302 e. The molecule has 0 spiro atoms. The van der Waals surface area contributed by atoms with Crippen LogP contribution in [-0.4, -0.2) is 25.2 Å². The van der Waals surface area contributed by atoms with Crippen LogP contribution in [0.3, 0.4) is 0 Å². The second-order valence-corrected chi connectivity index (χ2v) is 3.03. The molecule has 0 amide bonds. The molecule has 4 heteroatoms. The first-order valence-electron chi connectivity index (χ1n) is 5.31. The maximum atomic E-state index is 10.1. The lowest BCUT2D eigenvalue weighted by Crippen LogP contribution is -1.99. The van der Waals surface area contributed by atoms with Gasteiger partial charge in [0, 0.05) is 13.8 Å². The quantitative estimate of drug-likeness (QED) is 0.525. The summed E-state index contributed by atoms with van der Waals surface area (Å²) in [4.78, 5) is 20.1. The Bertz CT molecular complexity index is 166. The maximum absolute atomic E-state index is 10.1. The number of carbonyl (C=O) groups is 2. The summed E-state index contributed by atoms with van der Waals surface area (Å²) in [6.45, 7) is 7.99. The van der Waals surface area contributed by atoms with Gasteiger partial charge >= 0.3 is 11.9 Å². The molecule has 0 aliphatic heterocycles. The summed E-state index contributed by atoms with van der Waals surface area (Å²) < 4.78 is 9.20. The van der Waals surface area contributed by atoms with Crippen molar-refractivity contribution in [2.75, 3.05) is 13.2 Å². The van der Waals surface area contributed by atoms with E-state index in [-0.39, 0.29) is 11.9 Å². The van der Waals surface area contributed by atoms with Gasteiger partial charge in [0.1, 0.15) is 0 Å². The minimum absolute atomic E-state index is 0.182. The normalized spacial score (nSPS) is 8.53. The Morgan fingerprint density at radius 1 is 0.867 bits per heavy atom. The van der Waals surface area contributed by atoms with Crippen LogP contribution in [0.1, 0.15) is 47.0 Å². The molecule has 0 fully saturated rings. The summed E-state index contributed by atoms with van der Waals surface area (Å²) in [5.74, 6) is -0.375. The van der Waals surface area contributed by atoms with Crippen molar-refractivity contribution in [1.29, 1.82) is 0 Å². The fraction of sp³-hybridized carbons (Fsp3) is 0.818. The van der Waals surface area contributed by atoms with E-state index in [1.165, 1.54) is 13.8 Å². The van der Waals surface area contributed by atoms with Crippen LogP contribution < -0.4 is 0 Å². The monoisotopic (exact) mass is 218 g/mol. The molecule has 0 saturated heterocycles.